The van der Waals surface area contributed by atoms with Crippen LogP contribution in [-0.2, 0) is 11.3 Å². The molecule has 0 fully saturated rings. The van der Waals surface area contributed by atoms with Crippen molar-refractivity contribution in [2.24, 2.45) is 0 Å². The molecule has 1 aromatic rings. The van der Waals surface area contributed by atoms with E-state index in [9.17, 15) is 9.59 Å². The first kappa shape index (κ1) is 14.0. The number of nitrogens with one attached hydrogen (secondary N) is 2. The fourth-order valence-corrected chi connectivity index (χ4v) is 1.42. The van der Waals surface area contributed by atoms with Crippen molar-refractivity contribution >= 4 is 12.0 Å². The number of amides is 2. The first-order valence-electron chi connectivity index (χ1n) is 5.72. The van der Waals surface area contributed by atoms with Gasteiger partial charge in [0.25, 0.3) is 0 Å². The van der Waals surface area contributed by atoms with Crippen LogP contribution in [0.4, 0.5) is 4.79 Å². The molecule has 0 radical (unpaired) electrons. The Kier molecular flexibility index (Phi) is 5.10. The van der Waals surface area contributed by atoms with Crippen molar-refractivity contribution in [3.05, 3.63) is 29.6 Å². The summed E-state index contributed by atoms with van der Waals surface area (Å²) in [5.74, 6) is -1.04. The third kappa shape index (κ3) is 4.40. The SMILES string of the molecule is CCC(NC(=O)NCc1cccc(C)n1)C(=O)O. The Labute approximate surface area is 105 Å². The van der Waals surface area contributed by atoms with Gasteiger partial charge >= 0.3 is 12.0 Å². The second-order valence-electron chi connectivity index (χ2n) is 3.90. The number of aliphatic carboxylic acids is 1. The number of hydrogen-bond donors (Lipinski definition) is 3. The lowest BCUT2D eigenvalue weighted by Gasteiger charge is -2.13. The molecule has 0 aliphatic heterocycles. The van der Waals surface area contributed by atoms with Crippen LogP contribution in [0.5, 0.6) is 0 Å². The molecule has 0 aliphatic carbocycles. The third-order valence-electron chi connectivity index (χ3n) is 2.39. The van der Waals surface area contributed by atoms with Crippen molar-refractivity contribution in [1.29, 1.82) is 0 Å². The monoisotopic (exact) mass is 251 g/mol. The minimum absolute atomic E-state index is 0.267. The topological polar surface area (TPSA) is 91.3 Å². The minimum atomic E-state index is -1.04. The van der Waals surface area contributed by atoms with Crippen LogP contribution in [0.15, 0.2) is 18.2 Å². The summed E-state index contributed by atoms with van der Waals surface area (Å²) in [7, 11) is 0. The quantitative estimate of drug-likeness (QED) is 0.729. The molecule has 98 valence electrons. The van der Waals surface area contributed by atoms with Gasteiger partial charge in [-0.05, 0) is 25.5 Å². The van der Waals surface area contributed by atoms with Crippen LogP contribution in [0.2, 0.25) is 0 Å². The van der Waals surface area contributed by atoms with Gasteiger partial charge in [-0.1, -0.05) is 13.0 Å². The van der Waals surface area contributed by atoms with Crippen molar-refractivity contribution in [3.63, 3.8) is 0 Å². The molecule has 1 aromatic heterocycles. The van der Waals surface area contributed by atoms with E-state index in [-0.39, 0.29) is 6.54 Å². The number of rotatable bonds is 5. The maximum absolute atomic E-state index is 11.5. The standard InChI is InChI=1S/C12H17N3O3/c1-3-10(11(16)17)15-12(18)13-7-9-6-4-5-8(2)14-9/h4-6,10H,3,7H2,1-2H3,(H,16,17)(H2,13,15,18). The Balaban J connectivity index is 2.44. The fourth-order valence-electron chi connectivity index (χ4n) is 1.42. The number of aromatic nitrogens is 1. The molecule has 0 bridgehead atoms. The zero-order chi connectivity index (χ0) is 13.5. The van der Waals surface area contributed by atoms with E-state index < -0.39 is 18.0 Å². The molecule has 0 saturated carbocycles. The molecule has 6 heteroatoms. The number of pyridine rings is 1. The zero-order valence-corrected chi connectivity index (χ0v) is 10.4. The van der Waals surface area contributed by atoms with E-state index in [4.69, 9.17) is 5.11 Å². The van der Waals surface area contributed by atoms with E-state index in [0.29, 0.717) is 6.42 Å². The predicted octanol–water partition coefficient (Wildman–Crippen LogP) is 1.05. The molecule has 0 spiro atoms. The van der Waals surface area contributed by atoms with Gasteiger partial charge in [-0.25, -0.2) is 9.59 Å². The third-order valence-corrected chi connectivity index (χ3v) is 2.39. The van der Waals surface area contributed by atoms with Crippen molar-refractivity contribution in [2.75, 3.05) is 0 Å². The molecule has 6 nitrogen and oxygen atoms in total. The smallest absolute Gasteiger partial charge is 0.326 e. The predicted molar refractivity (Wildman–Crippen MR) is 66.1 cm³/mol. The van der Waals surface area contributed by atoms with Gasteiger partial charge in [0.1, 0.15) is 6.04 Å². The van der Waals surface area contributed by atoms with E-state index in [1.807, 2.05) is 19.1 Å². The second kappa shape index (κ2) is 6.58. The van der Waals surface area contributed by atoms with Crippen LogP contribution in [0.1, 0.15) is 24.7 Å². The molecule has 1 rings (SSSR count). The summed E-state index contributed by atoms with van der Waals surface area (Å²) in [6.45, 7) is 3.83. The summed E-state index contributed by atoms with van der Waals surface area (Å²) < 4.78 is 0. The molecule has 0 aliphatic rings. The molecular formula is C12H17N3O3. The number of carboxylic acids is 1. The van der Waals surface area contributed by atoms with Crippen LogP contribution >= 0.6 is 0 Å². The summed E-state index contributed by atoms with van der Waals surface area (Å²) >= 11 is 0. The molecule has 1 atom stereocenters. The van der Waals surface area contributed by atoms with Gasteiger partial charge in [-0.15, -0.1) is 0 Å². The van der Waals surface area contributed by atoms with Gasteiger partial charge < -0.3 is 15.7 Å². The summed E-state index contributed by atoms with van der Waals surface area (Å²) in [5, 5.41) is 13.7. The number of aryl methyl sites for hydroxylation is 1. The number of hydrogen-bond acceptors (Lipinski definition) is 3. The minimum Gasteiger partial charge on any atom is -0.480 e. The summed E-state index contributed by atoms with van der Waals surface area (Å²) in [5.41, 5.74) is 1.60. The highest BCUT2D eigenvalue weighted by Gasteiger charge is 2.16. The number of urea groups is 1. The van der Waals surface area contributed by atoms with Crippen molar-refractivity contribution in [3.8, 4) is 0 Å². The molecule has 3 N–H and O–H groups in total. The van der Waals surface area contributed by atoms with Crippen LogP contribution in [-0.4, -0.2) is 28.1 Å². The van der Waals surface area contributed by atoms with E-state index in [2.05, 4.69) is 15.6 Å². The van der Waals surface area contributed by atoms with Gasteiger partial charge in [-0.2, -0.15) is 0 Å². The average Bonchev–Trinajstić information content (AvgIpc) is 2.33. The van der Waals surface area contributed by atoms with Crippen molar-refractivity contribution in [1.82, 2.24) is 15.6 Å². The van der Waals surface area contributed by atoms with Gasteiger partial charge in [0, 0.05) is 5.69 Å². The van der Waals surface area contributed by atoms with Gasteiger partial charge in [0.2, 0.25) is 0 Å². The van der Waals surface area contributed by atoms with Crippen molar-refractivity contribution < 1.29 is 14.7 Å². The maximum atomic E-state index is 11.5. The summed E-state index contributed by atoms with van der Waals surface area (Å²) in [6, 6.07) is 4.13. The van der Waals surface area contributed by atoms with E-state index in [1.165, 1.54) is 0 Å². The molecule has 18 heavy (non-hydrogen) atoms. The number of nitrogens with zero attached hydrogens (tertiary/aromatic N) is 1. The Bertz CT molecular complexity index is 434. The van der Waals surface area contributed by atoms with Crippen LogP contribution in [0.3, 0.4) is 0 Å². The first-order chi connectivity index (χ1) is 8.52. The highest BCUT2D eigenvalue weighted by molar-refractivity contribution is 5.82. The largest absolute Gasteiger partial charge is 0.480 e. The number of carboxylic acid groups (broad SMARTS) is 1. The van der Waals surface area contributed by atoms with E-state index in [0.717, 1.165) is 11.4 Å². The Hall–Kier alpha value is -2.11. The highest BCUT2D eigenvalue weighted by Crippen LogP contribution is 1.97. The highest BCUT2D eigenvalue weighted by atomic mass is 16.4. The molecular weight excluding hydrogens is 234 g/mol. The van der Waals surface area contributed by atoms with Crippen molar-refractivity contribution in [2.45, 2.75) is 32.9 Å². The van der Waals surface area contributed by atoms with Crippen LogP contribution < -0.4 is 10.6 Å². The Morgan fingerprint density at radius 1 is 1.44 bits per heavy atom. The molecule has 1 unspecified atom stereocenters. The maximum Gasteiger partial charge on any atom is 0.326 e. The van der Waals surface area contributed by atoms with E-state index in [1.54, 1.807) is 13.0 Å². The Morgan fingerprint density at radius 2 is 2.17 bits per heavy atom. The molecule has 0 saturated heterocycles. The first-order valence-corrected chi connectivity index (χ1v) is 5.72. The van der Waals surface area contributed by atoms with Crippen LogP contribution in [0, 0.1) is 6.92 Å². The van der Waals surface area contributed by atoms with Gasteiger partial charge in [0.15, 0.2) is 0 Å². The van der Waals surface area contributed by atoms with E-state index >= 15 is 0 Å². The van der Waals surface area contributed by atoms with Crippen LogP contribution in [0.25, 0.3) is 0 Å². The average molecular weight is 251 g/mol. The molecule has 0 aromatic carbocycles. The van der Waals surface area contributed by atoms with Gasteiger partial charge in [0.05, 0.1) is 12.2 Å². The Morgan fingerprint density at radius 3 is 2.72 bits per heavy atom. The molecule has 1 heterocycles. The molecule has 2 amide bonds. The van der Waals surface area contributed by atoms with Gasteiger partial charge in [-0.3, -0.25) is 4.98 Å². The summed E-state index contributed by atoms with van der Waals surface area (Å²) in [4.78, 5) is 26.4. The summed E-state index contributed by atoms with van der Waals surface area (Å²) in [6.07, 6.45) is 0.339. The zero-order valence-electron chi connectivity index (χ0n) is 10.4. The lowest BCUT2D eigenvalue weighted by Crippen LogP contribution is -2.45. The number of carbonyl (C=O) groups excluding carboxylic acids is 1. The lowest BCUT2D eigenvalue weighted by molar-refractivity contribution is -0.139. The number of carbonyl (C=O) groups is 2. The normalized spacial score (nSPS) is 11.7. The second-order valence-corrected chi connectivity index (χ2v) is 3.90. The lowest BCUT2D eigenvalue weighted by atomic mass is 10.2. The fraction of sp³-hybridized carbons (Fsp3) is 0.417.